The Balaban J connectivity index is 1.77. The van der Waals surface area contributed by atoms with Crippen LogP contribution >= 0.6 is 11.3 Å². The molecule has 1 aromatic heterocycles. The maximum absolute atomic E-state index is 11.6. The Labute approximate surface area is 110 Å². The first-order valence-corrected chi connectivity index (χ1v) is 6.80. The minimum absolute atomic E-state index is 0.227. The highest BCUT2D eigenvalue weighted by Crippen LogP contribution is 2.18. The van der Waals surface area contributed by atoms with Gasteiger partial charge in [-0.25, -0.2) is 4.79 Å². The molecule has 1 amide bonds. The molecule has 1 aliphatic carbocycles. The molecular formula is C13H15NO3S. The van der Waals surface area contributed by atoms with E-state index >= 15 is 0 Å². The highest BCUT2D eigenvalue weighted by atomic mass is 32.1. The van der Waals surface area contributed by atoms with Gasteiger partial charge in [-0.15, -0.1) is 0 Å². The molecule has 18 heavy (non-hydrogen) atoms. The number of rotatable bonds is 5. The Morgan fingerprint density at radius 3 is 2.94 bits per heavy atom. The summed E-state index contributed by atoms with van der Waals surface area (Å²) >= 11 is 1.56. The molecule has 0 unspecified atom stereocenters. The average Bonchev–Trinajstić information content (AvgIpc) is 2.99. The zero-order valence-corrected chi connectivity index (χ0v) is 10.9. The normalized spacial score (nSPS) is 16.5. The van der Waals surface area contributed by atoms with Gasteiger partial charge in [0.25, 0.3) is 5.91 Å². The van der Waals surface area contributed by atoms with E-state index < -0.39 is 12.1 Å². The van der Waals surface area contributed by atoms with Crippen LogP contribution in [0.1, 0.15) is 25.3 Å². The van der Waals surface area contributed by atoms with Gasteiger partial charge in [0.2, 0.25) is 0 Å². The summed E-state index contributed by atoms with van der Waals surface area (Å²) in [7, 11) is 0. The molecule has 1 aliphatic rings. The quantitative estimate of drug-likeness (QED) is 0.654. The van der Waals surface area contributed by atoms with Gasteiger partial charge in [0.05, 0.1) is 0 Å². The van der Waals surface area contributed by atoms with E-state index in [1.165, 1.54) is 6.08 Å². The molecule has 1 fully saturated rings. The van der Waals surface area contributed by atoms with E-state index in [0.717, 1.165) is 18.4 Å². The number of nitrogens with one attached hydrogen (secondary N) is 1. The Kier molecular flexibility index (Phi) is 4.15. The van der Waals surface area contributed by atoms with Crippen molar-refractivity contribution >= 4 is 29.3 Å². The average molecular weight is 265 g/mol. The summed E-state index contributed by atoms with van der Waals surface area (Å²) in [5, 5.41) is 6.64. The van der Waals surface area contributed by atoms with Gasteiger partial charge in [-0.05, 0) is 48.2 Å². The topological polar surface area (TPSA) is 55.4 Å². The molecule has 2 rings (SSSR count). The standard InChI is InChI=1S/C13H15NO3S/c1-9(13(16)14-11-3-4-11)17-12(15)5-2-10-6-7-18-8-10/h2,5-9,11H,3-4H2,1H3,(H,14,16)/b5-2+/t9-/m0/s1. The summed E-state index contributed by atoms with van der Waals surface area (Å²) in [5.41, 5.74) is 0.951. The van der Waals surface area contributed by atoms with E-state index in [0.29, 0.717) is 0 Å². The molecule has 4 nitrogen and oxygen atoms in total. The van der Waals surface area contributed by atoms with Crippen molar-refractivity contribution in [3.8, 4) is 0 Å². The lowest BCUT2D eigenvalue weighted by atomic mass is 10.3. The molecule has 1 atom stereocenters. The summed E-state index contributed by atoms with van der Waals surface area (Å²) in [5.74, 6) is -0.727. The fourth-order valence-electron chi connectivity index (χ4n) is 1.35. The second-order valence-electron chi connectivity index (χ2n) is 4.25. The largest absolute Gasteiger partial charge is 0.449 e. The number of carbonyl (C=O) groups excluding carboxylic acids is 2. The molecule has 0 aromatic carbocycles. The number of hydrogen-bond acceptors (Lipinski definition) is 4. The molecule has 1 heterocycles. The van der Waals surface area contributed by atoms with Gasteiger partial charge >= 0.3 is 5.97 Å². The third-order valence-corrected chi connectivity index (χ3v) is 3.24. The lowest BCUT2D eigenvalue weighted by Gasteiger charge is -2.11. The van der Waals surface area contributed by atoms with Crippen LogP contribution in [0.15, 0.2) is 22.9 Å². The summed E-state index contributed by atoms with van der Waals surface area (Å²) in [6.07, 6.45) is 4.30. The predicted molar refractivity (Wildman–Crippen MR) is 70.1 cm³/mol. The van der Waals surface area contributed by atoms with E-state index in [2.05, 4.69) is 5.32 Å². The highest BCUT2D eigenvalue weighted by Gasteiger charge is 2.26. The number of ether oxygens (including phenoxy) is 1. The third kappa shape index (κ3) is 4.00. The van der Waals surface area contributed by atoms with Crippen LogP contribution in [0.25, 0.3) is 6.08 Å². The van der Waals surface area contributed by atoms with Crippen molar-refractivity contribution in [1.82, 2.24) is 5.32 Å². The van der Waals surface area contributed by atoms with Crippen LogP contribution in [0.3, 0.4) is 0 Å². The van der Waals surface area contributed by atoms with Crippen LogP contribution in [0, 0.1) is 0 Å². The summed E-state index contributed by atoms with van der Waals surface area (Å²) in [4.78, 5) is 23.0. The van der Waals surface area contributed by atoms with Crippen LogP contribution in [0.2, 0.25) is 0 Å². The fourth-order valence-corrected chi connectivity index (χ4v) is 1.98. The summed E-state index contributed by atoms with van der Waals surface area (Å²) in [6, 6.07) is 2.18. The SMILES string of the molecule is C[C@H](OC(=O)/C=C/c1ccsc1)C(=O)NC1CC1. The van der Waals surface area contributed by atoms with Crippen LogP contribution < -0.4 is 5.32 Å². The minimum Gasteiger partial charge on any atom is -0.449 e. The monoisotopic (exact) mass is 265 g/mol. The number of thiophene rings is 1. The molecular weight excluding hydrogens is 250 g/mol. The van der Waals surface area contributed by atoms with Crippen LogP contribution in [-0.4, -0.2) is 24.0 Å². The molecule has 0 radical (unpaired) electrons. The van der Waals surface area contributed by atoms with Crippen molar-refractivity contribution in [1.29, 1.82) is 0 Å². The van der Waals surface area contributed by atoms with E-state index in [1.807, 2.05) is 16.8 Å². The molecule has 96 valence electrons. The first-order chi connectivity index (χ1) is 8.65. The first-order valence-electron chi connectivity index (χ1n) is 5.86. The smallest absolute Gasteiger partial charge is 0.331 e. The zero-order chi connectivity index (χ0) is 13.0. The van der Waals surface area contributed by atoms with Crippen molar-refractivity contribution in [2.45, 2.75) is 31.9 Å². The number of carbonyl (C=O) groups is 2. The molecule has 0 spiro atoms. The van der Waals surface area contributed by atoms with Gasteiger partial charge in [0, 0.05) is 12.1 Å². The van der Waals surface area contributed by atoms with E-state index in [9.17, 15) is 9.59 Å². The van der Waals surface area contributed by atoms with Gasteiger partial charge in [-0.1, -0.05) is 0 Å². The molecule has 1 aromatic rings. The molecule has 1 saturated carbocycles. The van der Waals surface area contributed by atoms with Crippen molar-refractivity contribution in [2.75, 3.05) is 0 Å². The summed E-state index contributed by atoms with van der Waals surface area (Å²) < 4.78 is 5.00. The number of hydrogen-bond donors (Lipinski definition) is 1. The Hall–Kier alpha value is -1.62. The van der Waals surface area contributed by atoms with Crippen molar-refractivity contribution < 1.29 is 14.3 Å². The van der Waals surface area contributed by atoms with Crippen LogP contribution in [0.5, 0.6) is 0 Å². The maximum atomic E-state index is 11.6. The second kappa shape index (κ2) is 5.82. The van der Waals surface area contributed by atoms with Crippen LogP contribution in [0.4, 0.5) is 0 Å². The van der Waals surface area contributed by atoms with Crippen molar-refractivity contribution in [3.05, 3.63) is 28.5 Å². The lowest BCUT2D eigenvalue weighted by molar-refractivity contribution is -0.150. The van der Waals surface area contributed by atoms with Gasteiger partial charge < -0.3 is 10.1 Å². The molecule has 0 saturated heterocycles. The Bertz CT molecular complexity index is 449. The predicted octanol–water partition coefficient (Wildman–Crippen LogP) is 1.97. The van der Waals surface area contributed by atoms with Crippen molar-refractivity contribution in [3.63, 3.8) is 0 Å². The zero-order valence-electron chi connectivity index (χ0n) is 10.1. The molecule has 1 N–H and O–H groups in total. The van der Waals surface area contributed by atoms with E-state index in [1.54, 1.807) is 24.3 Å². The molecule has 0 aliphatic heterocycles. The maximum Gasteiger partial charge on any atom is 0.331 e. The number of esters is 1. The number of amides is 1. The Morgan fingerprint density at radius 1 is 1.56 bits per heavy atom. The summed E-state index contributed by atoms with van der Waals surface area (Å²) in [6.45, 7) is 1.58. The van der Waals surface area contributed by atoms with Gasteiger partial charge in [0.15, 0.2) is 6.10 Å². The van der Waals surface area contributed by atoms with E-state index in [4.69, 9.17) is 4.74 Å². The molecule has 0 bridgehead atoms. The van der Waals surface area contributed by atoms with Gasteiger partial charge in [-0.3, -0.25) is 4.79 Å². The lowest BCUT2D eigenvalue weighted by Crippen LogP contribution is -2.36. The minimum atomic E-state index is -0.745. The Morgan fingerprint density at radius 2 is 2.33 bits per heavy atom. The fraction of sp³-hybridized carbons (Fsp3) is 0.385. The van der Waals surface area contributed by atoms with Crippen molar-refractivity contribution in [2.24, 2.45) is 0 Å². The first kappa shape index (κ1) is 12.8. The highest BCUT2D eigenvalue weighted by molar-refractivity contribution is 7.08. The second-order valence-corrected chi connectivity index (χ2v) is 5.03. The van der Waals surface area contributed by atoms with E-state index in [-0.39, 0.29) is 11.9 Å². The van der Waals surface area contributed by atoms with Crippen LogP contribution in [-0.2, 0) is 14.3 Å². The third-order valence-electron chi connectivity index (χ3n) is 2.54. The molecule has 5 heteroatoms. The van der Waals surface area contributed by atoms with Gasteiger partial charge in [0.1, 0.15) is 0 Å². The van der Waals surface area contributed by atoms with Gasteiger partial charge in [-0.2, -0.15) is 11.3 Å².